The van der Waals surface area contributed by atoms with Crippen LogP contribution in [-0.4, -0.2) is 29.4 Å². The molecule has 3 nitrogen and oxygen atoms in total. The molecule has 1 aromatic carbocycles. The van der Waals surface area contributed by atoms with Crippen LogP contribution in [-0.2, 0) is 0 Å². The number of aliphatic hydroxyl groups excluding tert-OH is 1. The second-order valence-electron chi connectivity index (χ2n) is 5.83. The molecule has 20 heavy (non-hydrogen) atoms. The first-order chi connectivity index (χ1) is 9.42. The van der Waals surface area contributed by atoms with Gasteiger partial charge < -0.3 is 15.2 Å². The van der Waals surface area contributed by atoms with Crippen LogP contribution in [0.25, 0.3) is 0 Å². The largest absolute Gasteiger partial charge is 0.490 e. The quantitative estimate of drug-likeness (QED) is 0.874. The molecule has 2 N–H and O–H groups in total. The van der Waals surface area contributed by atoms with E-state index in [9.17, 15) is 13.9 Å². The van der Waals surface area contributed by atoms with E-state index in [0.717, 1.165) is 18.9 Å². The molecule has 0 bridgehead atoms. The number of aliphatic hydroxyl groups is 1. The molecule has 0 spiro atoms. The van der Waals surface area contributed by atoms with Gasteiger partial charge >= 0.3 is 0 Å². The lowest BCUT2D eigenvalue weighted by Gasteiger charge is -2.30. The normalized spacial score (nSPS) is 26.2. The number of nitrogens with one attached hydrogen (secondary N) is 1. The Morgan fingerprint density at radius 1 is 1.35 bits per heavy atom. The Balaban J connectivity index is 2.02. The molecule has 0 saturated heterocycles. The van der Waals surface area contributed by atoms with Crippen LogP contribution in [0.15, 0.2) is 18.2 Å². The first-order valence-electron chi connectivity index (χ1n) is 6.94. The van der Waals surface area contributed by atoms with Crippen LogP contribution < -0.4 is 10.1 Å². The molecule has 0 radical (unpaired) electrons. The molecule has 1 aliphatic carbocycles. The Morgan fingerprint density at radius 2 is 2.00 bits per heavy atom. The average molecular weight is 285 g/mol. The van der Waals surface area contributed by atoms with Gasteiger partial charge in [-0.25, -0.2) is 8.78 Å². The minimum atomic E-state index is -0.647. The highest BCUT2D eigenvalue weighted by Crippen LogP contribution is 2.33. The van der Waals surface area contributed by atoms with E-state index < -0.39 is 11.6 Å². The van der Waals surface area contributed by atoms with E-state index in [-0.39, 0.29) is 30.0 Å². The molecule has 0 heterocycles. The van der Waals surface area contributed by atoms with Crippen molar-refractivity contribution in [2.24, 2.45) is 0 Å². The Bertz CT molecular complexity index is 447. The van der Waals surface area contributed by atoms with Crippen LogP contribution in [0.4, 0.5) is 8.78 Å². The molecule has 1 aromatic rings. The summed E-state index contributed by atoms with van der Waals surface area (Å²) in [4.78, 5) is 0. The van der Waals surface area contributed by atoms with Crippen molar-refractivity contribution in [3.63, 3.8) is 0 Å². The predicted molar refractivity (Wildman–Crippen MR) is 72.7 cm³/mol. The summed E-state index contributed by atoms with van der Waals surface area (Å²) in [5.74, 6) is -1.09. The first-order valence-corrected chi connectivity index (χ1v) is 6.94. The van der Waals surface area contributed by atoms with Crippen LogP contribution >= 0.6 is 0 Å². The molecule has 1 fully saturated rings. The van der Waals surface area contributed by atoms with Gasteiger partial charge in [0.1, 0.15) is 23.5 Å². The number of hydrogen-bond donors (Lipinski definition) is 2. The smallest absolute Gasteiger partial charge is 0.129 e. The maximum atomic E-state index is 13.1. The fourth-order valence-corrected chi connectivity index (χ4v) is 2.90. The highest BCUT2D eigenvalue weighted by molar-refractivity contribution is 5.24. The van der Waals surface area contributed by atoms with Crippen LogP contribution in [0.1, 0.15) is 33.1 Å². The third-order valence-electron chi connectivity index (χ3n) is 3.60. The fraction of sp³-hybridized carbons (Fsp3) is 0.600. The molecule has 112 valence electrons. The van der Waals surface area contributed by atoms with E-state index in [4.69, 9.17) is 4.74 Å². The zero-order chi connectivity index (χ0) is 14.8. The predicted octanol–water partition coefficient (Wildman–Crippen LogP) is 2.63. The third kappa shape index (κ3) is 3.67. The van der Waals surface area contributed by atoms with Crippen molar-refractivity contribution in [1.29, 1.82) is 0 Å². The molecule has 2 atom stereocenters. The van der Waals surface area contributed by atoms with Crippen LogP contribution in [0.5, 0.6) is 5.75 Å². The lowest BCUT2D eigenvalue weighted by molar-refractivity contribution is 0.133. The molecule has 2 rings (SSSR count). The number of ether oxygens (including phenoxy) is 1. The van der Waals surface area contributed by atoms with E-state index in [0.29, 0.717) is 6.42 Å². The van der Waals surface area contributed by atoms with Gasteiger partial charge in [-0.3, -0.25) is 0 Å². The van der Waals surface area contributed by atoms with Crippen molar-refractivity contribution in [1.82, 2.24) is 5.32 Å². The Kier molecular flexibility index (Phi) is 4.60. The summed E-state index contributed by atoms with van der Waals surface area (Å²) in [6.45, 7) is 4.07. The van der Waals surface area contributed by atoms with Crippen molar-refractivity contribution in [3.05, 3.63) is 29.8 Å². The topological polar surface area (TPSA) is 41.5 Å². The monoisotopic (exact) mass is 285 g/mol. The molecule has 0 amide bonds. The summed E-state index contributed by atoms with van der Waals surface area (Å²) in [6.07, 6.45) is 2.01. The number of hydrogen-bond acceptors (Lipinski definition) is 3. The van der Waals surface area contributed by atoms with Gasteiger partial charge in [-0.15, -0.1) is 0 Å². The third-order valence-corrected chi connectivity index (χ3v) is 3.60. The summed E-state index contributed by atoms with van der Waals surface area (Å²) in [5, 5.41) is 13.0. The molecule has 0 aliphatic heterocycles. The highest BCUT2D eigenvalue weighted by atomic mass is 19.1. The lowest BCUT2D eigenvalue weighted by atomic mass is 9.97. The fourth-order valence-electron chi connectivity index (χ4n) is 2.90. The van der Waals surface area contributed by atoms with Gasteiger partial charge in [-0.05, 0) is 12.8 Å². The van der Waals surface area contributed by atoms with Crippen molar-refractivity contribution < 1.29 is 18.6 Å². The van der Waals surface area contributed by atoms with Gasteiger partial charge in [-0.1, -0.05) is 13.8 Å². The summed E-state index contributed by atoms with van der Waals surface area (Å²) >= 11 is 0. The maximum absolute atomic E-state index is 13.1. The van der Waals surface area contributed by atoms with E-state index in [1.807, 2.05) is 13.8 Å². The maximum Gasteiger partial charge on any atom is 0.129 e. The minimum Gasteiger partial charge on any atom is -0.490 e. The summed E-state index contributed by atoms with van der Waals surface area (Å²) < 4.78 is 31.9. The molecular formula is C15H21F2NO2. The zero-order valence-electron chi connectivity index (χ0n) is 11.8. The SMILES string of the molecule is CC(C)NC1(CO)CCC(Oc2cc(F)cc(F)c2)C1. The van der Waals surface area contributed by atoms with E-state index in [1.54, 1.807) is 0 Å². The standard InChI is InChI=1S/C15H21F2NO2/c1-10(2)18-15(9-19)4-3-13(8-15)20-14-6-11(16)5-12(17)7-14/h5-7,10,13,18-19H,3-4,8-9H2,1-2H3. The summed E-state index contributed by atoms with van der Waals surface area (Å²) in [5.41, 5.74) is -0.356. The Labute approximate surface area is 117 Å². The molecular weight excluding hydrogens is 264 g/mol. The second-order valence-corrected chi connectivity index (χ2v) is 5.83. The molecule has 2 unspecified atom stereocenters. The molecule has 5 heteroatoms. The summed E-state index contributed by atoms with van der Waals surface area (Å²) in [6, 6.07) is 3.43. The van der Waals surface area contributed by atoms with Gasteiger partial charge in [0.05, 0.1) is 6.61 Å². The van der Waals surface area contributed by atoms with Crippen molar-refractivity contribution in [3.8, 4) is 5.75 Å². The van der Waals surface area contributed by atoms with Crippen LogP contribution in [0.2, 0.25) is 0 Å². The van der Waals surface area contributed by atoms with E-state index in [2.05, 4.69) is 5.32 Å². The van der Waals surface area contributed by atoms with Gasteiger partial charge in [-0.2, -0.15) is 0 Å². The van der Waals surface area contributed by atoms with Gasteiger partial charge in [0.2, 0.25) is 0 Å². The zero-order valence-corrected chi connectivity index (χ0v) is 11.8. The van der Waals surface area contributed by atoms with Crippen molar-refractivity contribution in [2.45, 2.75) is 50.8 Å². The van der Waals surface area contributed by atoms with Gasteiger partial charge in [0, 0.05) is 36.2 Å². The van der Waals surface area contributed by atoms with Crippen molar-refractivity contribution in [2.75, 3.05) is 6.61 Å². The first kappa shape index (κ1) is 15.2. The Morgan fingerprint density at radius 3 is 2.55 bits per heavy atom. The highest BCUT2D eigenvalue weighted by Gasteiger charge is 2.40. The van der Waals surface area contributed by atoms with E-state index >= 15 is 0 Å². The van der Waals surface area contributed by atoms with Crippen molar-refractivity contribution >= 4 is 0 Å². The lowest BCUT2D eigenvalue weighted by Crippen LogP contribution is -2.50. The van der Waals surface area contributed by atoms with Gasteiger partial charge in [0.25, 0.3) is 0 Å². The summed E-state index contributed by atoms with van der Waals surface area (Å²) in [7, 11) is 0. The molecule has 1 saturated carbocycles. The Hall–Kier alpha value is -1.20. The van der Waals surface area contributed by atoms with Crippen LogP contribution in [0, 0.1) is 11.6 Å². The number of halogens is 2. The number of rotatable bonds is 5. The number of benzene rings is 1. The second kappa shape index (κ2) is 6.06. The van der Waals surface area contributed by atoms with E-state index in [1.165, 1.54) is 12.1 Å². The molecule has 1 aliphatic rings. The molecule has 0 aromatic heterocycles. The average Bonchev–Trinajstić information content (AvgIpc) is 2.70. The van der Waals surface area contributed by atoms with Gasteiger partial charge in [0.15, 0.2) is 0 Å². The van der Waals surface area contributed by atoms with Crippen LogP contribution in [0.3, 0.4) is 0 Å². The minimum absolute atomic E-state index is 0.0303.